The first-order valence-electron chi connectivity index (χ1n) is 5.07. The van der Waals surface area contributed by atoms with Gasteiger partial charge in [0.05, 0.1) is 0 Å². The van der Waals surface area contributed by atoms with Crippen molar-refractivity contribution in [2.75, 3.05) is 13.2 Å². The van der Waals surface area contributed by atoms with E-state index >= 15 is 0 Å². The Kier molecular flexibility index (Phi) is 5.07. The molecular weight excluding hydrogens is 311 g/mol. The molecule has 2 saturated heterocycles. The van der Waals surface area contributed by atoms with Crippen LogP contribution >= 0.6 is 0 Å². The van der Waals surface area contributed by atoms with Crippen molar-refractivity contribution in [1.29, 1.82) is 0 Å². The summed E-state index contributed by atoms with van der Waals surface area (Å²) in [5.41, 5.74) is 0. The van der Waals surface area contributed by atoms with Gasteiger partial charge in [0.15, 0.2) is 0 Å². The van der Waals surface area contributed by atoms with Crippen LogP contribution in [-0.4, -0.2) is 62.2 Å². The van der Waals surface area contributed by atoms with Crippen molar-refractivity contribution < 1.29 is 34.9 Å². The molecule has 0 aromatic carbocycles. The molecule has 2 heterocycles. The summed E-state index contributed by atoms with van der Waals surface area (Å²) in [5, 5.41) is 18.6. The van der Waals surface area contributed by atoms with Crippen LogP contribution < -0.4 is 6.15 Å². The van der Waals surface area contributed by atoms with Crippen LogP contribution in [0.1, 0.15) is 12.8 Å². The van der Waals surface area contributed by atoms with Crippen molar-refractivity contribution in [3.8, 4) is 0 Å². The first-order valence-corrected chi connectivity index (χ1v) is 8.49. The molecule has 0 aromatic heterocycles. The van der Waals surface area contributed by atoms with E-state index in [1.54, 1.807) is 0 Å². The van der Waals surface area contributed by atoms with Gasteiger partial charge in [0.1, 0.15) is 0 Å². The van der Waals surface area contributed by atoms with Crippen LogP contribution in [0.25, 0.3) is 0 Å². The third kappa shape index (κ3) is 3.64. The molecule has 1 spiro atoms. The van der Waals surface area contributed by atoms with E-state index < -0.39 is 38.8 Å². The van der Waals surface area contributed by atoms with Crippen molar-refractivity contribution in [1.82, 2.24) is 6.15 Å². The van der Waals surface area contributed by atoms with Gasteiger partial charge in [-0.05, 0) is 0 Å². The van der Waals surface area contributed by atoms with E-state index in [2.05, 4.69) is 0 Å². The summed E-state index contributed by atoms with van der Waals surface area (Å²) in [6, 6.07) is 0. The van der Waals surface area contributed by atoms with Gasteiger partial charge in [-0.25, -0.2) is 0 Å². The Morgan fingerprint density at radius 1 is 0.944 bits per heavy atom. The van der Waals surface area contributed by atoms with E-state index in [1.807, 2.05) is 0 Å². The van der Waals surface area contributed by atoms with Crippen LogP contribution in [0.2, 0.25) is 0 Å². The summed E-state index contributed by atoms with van der Waals surface area (Å²) >= 11 is -4.46. The second kappa shape index (κ2) is 5.95. The Morgan fingerprint density at radius 2 is 1.33 bits per heavy atom. The molecule has 5 N–H and O–H groups in total. The number of hydrogen-bond acceptors (Lipinski definition) is 9. The van der Waals surface area contributed by atoms with Gasteiger partial charge in [0.25, 0.3) is 0 Å². The fraction of sp³-hybridized carbons (Fsp3) is 0.750. The quantitative estimate of drug-likeness (QED) is 0.440. The van der Waals surface area contributed by atoms with Crippen LogP contribution in [0.15, 0.2) is 0 Å². The number of hydrogen-bond donors (Lipinski definition) is 3. The van der Waals surface area contributed by atoms with Crippen LogP contribution in [0.5, 0.6) is 0 Å². The molecular formula is C8H15GeNO8. The zero-order chi connectivity index (χ0) is 12.5. The zero-order valence-electron chi connectivity index (χ0n) is 9.53. The van der Waals surface area contributed by atoms with E-state index in [-0.39, 0.29) is 32.2 Å². The number of aliphatic hydroxyl groups excluding tert-OH is 2. The molecule has 0 saturated carbocycles. The van der Waals surface area contributed by atoms with Crippen molar-refractivity contribution >= 4 is 26.6 Å². The average Bonchev–Trinajstić information content (AvgIpc) is 2.43. The van der Waals surface area contributed by atoms with Gasteiger partial charge < -0.3 is 6.15 Å². The Bertz CT molecular complexity index is 305. The van der Waals surface area contributed by atoms with Crippen molar-refractivity contribution in [3.05, 3.63) is 0 Å². The molecule has 18 heavy (non-hydrogen) atoms. The van der Waals surface area contributed by atoms with E-state index in [4.69, 9.17) is 15.1 Å². The first kappa shape index (κ1) is 15.3. The fourth-order valence-electron chi connectivity index (χ4n) is 1.44. The van der Waals surface area contributed by atoms with Gasteiger partial charge in [-0.15, -0.1) is 0 Å². The zero-order valence-corrected chi connectivity index (χ0v) is 11.6. The minimum absolute atomic E-state index is 0. The molecule has 2 rings (SSSR count). The van der Waals surface area contributed by atoms with Crippen LogP contribution in [-0.2, 0) is 24.6 Å². The molecule has 2 unspecified atom stereocenters. The molecule has 0 bridgehead atoms. The van der Waals surface area contributed by atoms with Crippen LogP contribution in [0.4, 0.5) is 0 Å². The summed E-state index contributed by atoms with van der Waals surface area (Å²) in [7, 11) is 0. The number of aliphatic hydroxyl groups is 2. The van der Waals surface area contributed by atoms with Crippen LogP contribution in [0, 0.1) is 0 Å². The predicted octanol–water partition coefficient (Wildman–Crippen LogP) is -1.77. The fourth-order valence-corrected chi connectivity index (χ4v) is 5.38. The van der Waals surface area contributed by atoms with Gasteiger partial charge >= 0.3 is 99.7 Å². The van der Waals surface area contributed by atoms with Gasteiger partial charge in [-0.2, -0.15) is 0 Å². The molecule has 0 radical (unpaired) electrons. The normalized spacial score (nSPS) is 37.0. The van der Waals surface area contributed by atoms with E-state index in [9.17, 15) is 19.8 Å². The topological polar surface area (TPSA) is 147 Å². The van der Waals surface area contributed by atoms with Gasteiger partial charge in [-0.3, -0.25) is 0 Å². The molecule has 0 aliphatic carbocycles. The molecule has 2 atom stereocenters. The SMILES string of the molecule is N.O=C1CC(O)C[O][Ge]2([O]CC(O)CC(=O)[O]2)[O]1. The Labute approximate surface area is 106 Å². The number of carbonyl (C=O) groups is 2. The van der Waals surface area contributed by atoms with Crippen molar-refractivity contribution in [2.24, 2.45) is 0 Å². The van der Waals surface area contributed by atoms with E-state index in [0.29, 0.717) is 0 Å². The summed E-state index contributed by atoms with van der Waals surface area (Å²) in [5.74, 6) is -1.47. The molecule has 0 amide bonds. The maximum absolute atomic E-state index is 11.3. The third-order valence-corrected chi connectivity index (χ3v) is 6.37. The maximum atomic E-state index is 11.3. The summed E-state index contributed by atoms with van der Waals surface area (Å²) in [4.78, 5) is 22.6. The van der Waals surface area contributed by atoms with Gasteiger partial charge in [0.2, 0.25) is 0 Å². The summed E-state index contributed by atoms with van der Waals surface area (Å²) < 4.78 is 20.1. The summed E-state index contributed by atoms with van der Waals surface area (Å²) in [6.45, 7) is -0.399. The monoisotopic (exact) mass is 327 g/mol. The van der Waals surface area contributed by atoms with Crippen molar-refractivity contribution in [2.45, 2.75) is 25.0 Å². The van der Waals surface area contributed by atoms with Gasteiger partial charge in [0, 0.05) is 0 Å². The average molecular weight is 326 g/mol. The summed E-state index contributed by atoms with van der Waals surface area (Å²) in [6.07, 6.45) is -2.50. The minimum atomic E-state index is -4.46. The standard InChI is InChI=1S/C8H12GeO8.H3N/c10-5-1-7(12)16-9(14-3-5)15-4-6(11)2-8(13)17-9;/h5-6,10-11H,1-4H2;1H3. The molecule has 2 aliphatic heterocycles. The van der Waals surface area contributed by atoms with Gasteiger partial charge in [-0.1, -0.05) is 0 Å². The molecule has 2 aliphatic rings. The first-order chi connectivity index (χ1) is 7.99. The Morgan fingerprint density at radius 3 is 1.72 bits per heavy atom. The third-order valence-electron chi connectivity index (χ3n) is 2.19. The Hall–Kier alpha value is -0.717. The van der Waals surface area contributed by atoms with E-state index in [0.717, 1.165) is 0 Å². The Balaban J connectivity index is 0.00000162. The predicted molar refractivity (Wildman–Crippen MR) is 56.1 cm³/mol. The molecule has 10 heteroatoms. The molecule has 104 valence electrons. The molecule has 2 fully saturated rings. The molecule has 9 nitrogen and oxygen atoms in total. The molecule has 0 aromatic rings. The van der Waals surface area contributed by atoms with E-state index in [1.165, 1.54) is 0 Å². The van der Waals surface area contributed by atoms with Crippen LogP contribution in [0.3, 0.4) is 0 Å². The number of rotatable bonds is 0. The van der Waals surface area contributed by atoms with Crippen molar-refractivity contribution in [3.63, 3.8) is 0 Å². The number of carbonyl (C=O) groups excluding carboxylic acids is 2. The second-order valence-electron chi connectivity index (χ2n) is 3.79. The second-order valence-corrected chi connectivity index (χ2v) is 7.95.